The highest BCUT2D eigenvalue weighted by Crippen LogP contribution is 2.31. The number of nitrogens with one attached hydrogen (secondary N) is 1. The van der Waals surface area contributed by atoms with E-state index in [9.17, 15) is 9.59 Å². The van der Waals surface area contributed by atoms with Gasteiger partial charge in [0.05, 0.1) is 31.4 Å². The third-order valence-corrected chi connectivity index (χ3v) is 6.61. The summed E-state index contributed by atoms with van der Waals surface area (Å²) in [4.78, 5) is 30.8. The minimum absolute atomic E-state index is 0.0254. The molecule has 0 fully saturated rings. The number of ether oxygens (including phenoxy) is 2. The number of amides is 1. The van der Waals surface area contributed by atoms with E-state index in [0.29, 0.717) is 23.4 Å². The van der Waals surface area contributed by atoms with Gasteiger partial charge in [0.15, 0.2) is 5.78 Å². The van der Waals surface area contributed by atoms with Crippen LogP contribution in [0.15, 0.2) is 71.7 Å². The second kappa shape index (κ2) is 12.1. The number of anilines is 1. The molecule has 1 heterocycles. The van der Waals surface area contributed by atoms with Gasteiger partial charge in [-0.3, -0.25) is 14.6 Å². The Morgan fingerprint density at radius 3 is 2.29 bits per heavy atom. The SMILES string of the molecule is CCCCCOc1ccc(C(=O)Nc2ccc(C(=O)CC3=NC(C)(C)Cc4ccc(OC)cc43)cc2)cc1. The van der Waals surface area contributed by atoms with Gasteiger partial charge in [0, 0.05) is 22.4 Å². The van der Waals surface area contributed by atoms with Crippen molar-refractivity contribution in [3.8, 4) is 11.5 Å². The number of methoxy groups -OCH3 is 1. The normalized spacial score (nSPS) is 13.7. The summed E-state index contributed by atoms with van der Waals surface area (Å²) in [6.07, 6.45) is 4.32. The van der Waals surface area contributed by atoms with E-state index < -0.39 is 0 Å². The molecule has 3 aromatic carbocycles. The van der Waals surface area contributed by atoms with Crippen molar-refractivity contribution < 1.29 is 19.1 Å². The predicted molar refractivity (Wildman–Crippen MR) is 152 cm³/mol. The maximum Gasteiger partial charge on any atom is 0.255 e. The molecular weight excluding hydrogens is 476 g/mol. The minimum Gasteiger partial charge on any atom is -0.497 e. The number of carbonyl (C=O) groups excluding carboxylic acids is 2. The van der Waals surface area contributed by atoms with Crippen molar-refractivity contribution in [3.05, 3.63) is 89.0 Å². The van der Waals surface area contributed by atoms with Gasteiger partial charge in [-0.15, -0.1) is 0 Å². The van der Waals surface area contributed by atoms with Gasteiger partial charge in [0.2, 0.25) is 0 Å². The molecule has 1 aliphatic heterocycles. The van der Waals surface area contributed by atoms with Crippen LogP contribution in [-0.4, -0.2) is 36.7 Å². The molecule has 0 unspecified atom stereocenters. The minimum atomic E-state index is -0.273. The lowest BCUT2D eigenvalue weighted by atomic mass is 9.85. The molecule has 198 valence electrons. The van der Waals surface area contributed by atoms with E-state index in [2.05, 4.69) is 32.2 Å². The summed E-state index contributed by atoms with van der Waals surface area (Å²) in [7, 11) is 1.63. The zero-order chi connectivity index (χ0) is 27.1. The summed E-state index contributed by atoms with van der Waals surface area (Å²) >= 11 is 0. The smallest absolute Gasteiger partial charge is 0.255 e. The van der Waals surface area contributed by atoms with Gasteiger partial charge in [-0.2, -0.15) is 0 Å². The van der Waals surface area contributed by atoms with Gasteiger partial charge in [-0.05, 0) is 92.9 Å². The molecule has 38 heavy (non-hydrogen) atoms. The second-order valence-electron chi connectivity index (χ2n) is 10.3. The molecule has 0 saturated heterocycles. The van der Waals surface area contributed by atoms with Crippen LogP contribution < -0.4 is 14.8 Å². The lowest BCUT2D eigenvalue weighted by molar-refractivity contribution is 0.0998. The molecule has 1 N–H and O–H groups in total. The molecule has 0 aromatic heterocycles. The third-order valence-electron chi connectivity index (χ3n) is 6.61. The second-order valence-corrected chi connectivity index (χ2v) is 10.3. The van der Waals surface area contributed by atoms with E-state index in [0.717, 1.165) is 48.5 Å². The van der Waals surface area contributed by atoms with Crippen LogP contribution in [0.3, 0.4) is 0 Å². The Morgan fingerprint density at radius 2 is 1.61 bits per heavy atom. The van der Waals surface area contributed by atoms with Crippen molar-refractivity contribution in [3.63, 3.8) is 0 Å². The molecule has 0 bridgehead atoms. The zero-order valence-corrected chi connectivity index (χ0v) is 22.7. The van der Waals surface area contributed by atoms with Crippen molar-refractivity contribution >= 4 is 23.1 Å². The summed E-state index contributed by atoms with van der Waals surface area (Å²) in [5, 5.41) is 2.89. The number of Topliss-reactive ketones (excluding diaryl/α,β-unsaturated/α-hetero) is 1. The lowest BCUT2D eigenvalue weighted by Crippen LogP contribution is -2.30. The number of aliphatic imine (C=N–C) groups is 1. The molecule has 0 aliphatic carbocycles. The van der Waals surface area contributed by atoms with Crippen molar-refractivity contribution in [2.24, 2.45) is 4.99 Å². The summed E-state index contributed by atoms with van der Waals surface area (Å²) in [6.45, 7) is 6.99. The predicted octanol–water partition coefficient (Wildman–Crippen LogP) is 6.91. The van der Waals surface area contributed by atoms with Crippen LogP contribution in [0.5, 0.6) is 11.5 Å². The number of fused-ring (bicyclic) bond motifs is 1. The van der Waals surface area contributed by atoms with Crippen LogP contribution in [0.4, 0.5) is 5.69 Å². The first-order valence-electron chi connectivity index (χ1n) is 13.2. The fourth-order valence-electron chi connectivity index (χ4n) is 4.61. The summed E-state index contributed by atoms with van der Waals surface area (Å²) in [5.41, 5.74) is 4.38. The summed E-state index contributed by atoms with van der Waals surface area (Å²) in [6, 6.07) is 20.1. The highest BCUT2D eigenvalue weighted by atomic mass is 16.5. The number of hydrogen-bond acceptors (Lipinski definition) is 5. The molecule has 0 spiro atoms. The summed E-state index contributed by atoms with van der Waals surface area (Å²) < 4.78 is 11.1. The van der Waals surface area contributed by atoms with Gasteiger partial charge in [0.25, 0.3) is 5.91 Å². The number of unbranched alkanes of at least 4 members (excludes halogenated alkanes) is 2. The number of ketones is 1. The average Bonchev–Trinajstić information content (AvgIpc) is 2.91. The third kappa shape index (κ3) is 6.88. The van der Waals surface area contributed by atoms with Crippen LogP contribution in [0.25, 0.3) is 0 Å². The molecular formula is C32H36N2O4. The molecule has 4 rings (SSSR count). The van der Waals surface area contributed by atoms with Crippen molar-refractivity contribution in [2.45, 2.75) is 58.4 Å². The maximum absolute atomic E-state index is 13.2. The molecule has 0 radical (unpaired) electrons. The topological polar surface area (TPSA) is 77.0 Å². The standard InChI is InChI=1S/C32H36N2O4/c1-5-6-7-18-38-26-15-10-23(11-16-26)31(36)33-25-13-8-22(9-14-25)30(35)20-29-28-19-27(37-4)17-12-24(28)21-32(2,3)34-29/h8-17,19H,5-7,18,20-21H2,1-4H3,(H,33,36). The van der Waals surface area contributed by atoms with Gasteiger partial charge in [-0.25, -0.2) is 0 Å². The van der Waals surface area contributed by atoms with Crippen molar-refractivity contribution in [1.29, 1.82) is 0 Å². The number of rotatable bonds is 11. The fraction of sp³-hybridized carbons (Fsp3) is 0.344. The molecule has 0 saturated carbocycles. The molecule has 3 aromatic rings. The van der Waals surface area contributed by atoms with Crippen LogP contribution in [0.1, 0.15) is 78.3 Å². The Morgan fingerprint density at radius 1 is 0.921 bits per heavy atom. The molecule has 6 nitrogen and oxygen atoms in total. The first kappa shape index (κ1) is 27.1. The Kier molecular flexibility index (Phi) is 8.62. The highest BCUT2D eigenvalue weighted by Gasteiger charge is 2.28. The maximum atomic E-state index is 13.2. The zero-order valence-electron chi connectivity index (χ0n) is 22.7. The molecule has 6 heteroatoms. The molecule has 0 atom stereocenters. The number of carbonyl (C=O) groups is 2. The molecule has 1 aliphatic rings. The average molecular weight is 513 g/mol. The Bertz CT molecular complexity index is 1310. The van der Waals surface area contributed by atoms with E-state index in [-0.39, 0.29) is 23.7 Å². The van der Waals surface area contributed by atoms with Gasteiger partial charge in [-0.1, -0.05) is 25.8 Å². The van der Waals surface area contributed by atoms with Gasteiger partial charge in [0.1, 0.15) is 11.5 Å². The summed E-state index contributed by atoms with van der Waals surface area (Å²) in [5.74, 6) is 1.26. The largest absolute Gasteiger partial charge is 0.497 e. The van der Waals surface area contributed by atoms with Gasteiger partial charge < -0.3 is 14.8 Å². The van der Waals surface area contributed by atoms with Crippen molar-refractivity contribution in [2.75, 3.05) is 19.0 Å². The number of benzene rings is 3. The van der Waals surface area contributed by atoms with E-state index in [1.807, 2.05) is 24.3 Å². The van der Waals surface area contributed by atoms with E-state index in [1.54, 1.807) is 43.5 Å². The van der Waals surface area contributed by atoms with Crippen molar-refractivity contribution in [1.82, 2.24) is 0 Å². The van der Waals surface area contributed by atoms with E-state index in [1.165, 1.54) is 5.56 Å². The number of hydrogen-bond donors (Lipinski definition) is 1. The van der Waals surface area contributed by atoms with E-state index >= 15 is 0 Å². The Hall–Kier alpha value is -3.93. The Labute approximate surface area is 225 Å². The van der Waals surface area contributed by atoms with E-state index in [4.69, 9.17) is 14.5 Å². The van der Waals surface area contributed by atoms with Crippen LogP contribution >= 0.6 is 0 Å². The number of nitrogens with zero attached hydrogens (tertiary/aromatic N) is 1. The quantitative estimate of drug-likeness (QED) is 0.224. The lowest BCUT2D eigenvalue weighted by Gasteiger charge is -2.29. The fourth-order valence-corrected chi connectivity index (χ4v) is 4.61. The molecule has 1 amide bonds. The van der Waals surface area contributed by atoms with Crippen LogP contribution in [-0.2, 0) is 6.42 Å². The first-order chi connectivity index (χ1) is 18.3. The van der Waals surface area contributed by atoms with Gasteiger partial charge >= 0.3 is 0 Å². The highest BCUT2D eigenvalue weighted by molar-refractivity contribution is 6.17. The Balaban J connectivity index is 1.38. The first-order valence-corrected chi connectivity index (χ1v) is 13.2. The van der Waals surface area contributed by atoms with Crippen LogP contribution in [0.2, 0.25) is 0 Å². The monoisotopic (exact) mass is 512 g/mol. The van der Waals surface area contributed by atoms with Crippen LogP contribution in [0, 0.1) is 0 Å².